The number of hydrogen-bond acceptors (Lipinski definition) is 3. The van der Waals surface area contributed by atoms with Crippen molar-refractivity contribution in [2.45, 2.75) is 54.1 Å². The Bertz CT molecular complexity index is 366. The number of anilines is 1. The lowest BCUT2D eigenvalue weighted by atomic mass is 10.2. The van der Waals surface area contributed by atoms with Crippen LogP contribution >= 0.6 is 0 Å². The standard InChI is InChI=1S/C15H30N4/c1-7-18(8-2)10-13(5)16-15-17-14(6)11-19(15)9-12(3)4/h11-13H,7-10H2,1-6H3,(H,16,17). The summed E-state index contributed by atoms with van der Waals surface area (Å²) < 4.78 is 2.23. The first kappa shape index (κ1) is 16.0. The second-order valence-corrected chi connectivity index (χ2v) is 5.78. The summed E-state index contributed by atoms with van der Waals surface area (Å²) in [4.78, 5) is 7.03. The summed E-state index contributed by atoms with van der Waals surface area (Å²) in [5.74, 6) is 1.64. The van der Waals surface area contributed by atoms with Crippen molar-refractivity contribution in [1.29, 1.82) is 0 Å². The zero-order valence-corrected chi connectivity index (χ0v) is 13.4. The summed E-state index contributed by atoms with van der Waals surface area (Å²) in [6.45, 7) is 17.4. The Morgan fingerprint density at radius 2 is 1.89 bits per heavy atom. The highest BCUT2D eigenvalue weighted by Gasteiger charge is 2.12. The van der Waals surface area contributed by atoms with Crippen molar-refractivity contribution >= 4 is 5.95 Å². The van der Waals surface area contributed by atoms with Gasteiger partial charge in [0, 0.05) is 25.3 Å². The molecule has 0 fully saturated rings. The molecule has 0 aliphatic heterocycles. The predicted molar refractivity (Wildman–Crippen MR) is 82.7 cm³/mol. The van der Waals surface area contributed by atoms with Crippen molar-refractivity contribution in [1.82, 2.24) is 14.5 Å². The summed E-state index contributed by atoms with van der Waals surface area (Å²) in [7, 11) is 0. The molecule has 19 heavy (non-hydrogen) atoms. The fourth-order valence-electron chi connectivity index (χ4n) is 2.33. The number of likely N-dealkylation sites (N-methyl/N-ethyl adjacent to an activating group) is 1. The van der Waals surface area contributed by atoms with E-state index in [1.54, 1.807) is 0 Å². The number of aromatic nitrogens is 2. The average Bonchev–Trinajstić information content (AvgIpc) is 2.65. The molecule has 1 aromatic heterocycles. The smallest absolute Gasteiger partial charge is 0.203 e. The van der Waals surface area contributed by atoms with E-state index in [9.17, 15) is 0 Å². The molecule has 0 amide bonds. The van der Waals surface area contributed by atoms with Crippen molar-refractivity contribution in [3.63, 3.8) is 0 Å². The zero-order valence-electron chi connectivity index (χ0n) is 13.4. The molecule has 0 spiro atoms. The Morgan fingerprint density at radius 1 is 1.26 bits per heavy atom. The average molecular weight is 266 g/mol. The van der Waals surface area contributed by atoms with Crippen LogP contribution in [-0.4, -0.2) is 40.1 Å². The monoisotopic (exact) mass is 266 g/mol. The van der Waals surface area contributed by atoms with Gasteiger partial charge in [0.15, 0.2) is 0 Å². The minimum atomic E-state index is 0.410. The molecule has 0 radical (unpaired) electrons. The molecule has 1 unspecified atom stereocenters. The summed E-state index contributed by atoms with van der Waals surface area (Å²) in [6, 6.07) is 0.410. The molecule has 1 N–H and O–H groups in total. The van der Waals surface area contributed by atoms with Gasteiger partial charge >= 0.3 is 0 Å². The predicted octanol–water partition coefficient (Wildman–Crippen LogP) is 2.99. The highest BCUT2D eigenvalue weighted by atomic mass is 15.2. The number of aryl methyl sites for hydroxylation is 1. The van der Waals surface area contributed by atoms with Gasteiger partial charge in [0.2, 0.25) is 5.95 Å². The quantitative estimate of drug-likeness (QED) is 0.785. The molecule has 1 aromatic rings. The topological polar surface area (TPSA) is 33.1 Å². The number of nitrogens with zero attached hydrogens (tertiary/aromatic N) is 3. The molecule has 0 saturated carbocycles. The third kappa shape index (κ3) is 5.23. The van der Waals surface area contributed by atoms with Gasteiger partial charge in [-0.1, -0.05) is 27.7 Å². The van der Waals surface area contributed by atoms with Gasteiger partial charge in [0.25, 0.3) is 0 Å². The van der Waals surface area contributed by atoms with Crippen LogP contribution in [-0.2, 0) is 6.54 Å². The molecule has 0 saturated heterocycles. The lowest BCUT2D eigenvalue weighted by Gasteiger charge is -2.24. The lowest BCUT2D eigenvalue weighted by molar-refractivity contribution is 0.294. The van der Waals surface area contributed by atoms with E-state index in [2.05, 4.69) is 67.5 Å². The van der Waals surface area contributed by atoms with Crippen LogP contribution in [0.15, 0.2) is 6.20 Å². The van der Waals surface area contributed by atoms with Crippen LogP contribution in [0, 0.1) is 12.8 Å². The zero-order chi connectivity index (χ0) is 14.4. The normalized spacial score (nSPS) is 13.3. The Morgan fingerprint density at radius 3 is 2.42 bits per heavy atom. The van der Waals surface area contributed by atoms with Gasteiger partial charge in [-0.15, -0.1) is 0 Å². The Labute approximate surface area is 118 Å². The van der Waals surface area contributed by atoms with Gasteiger partial charge in [0.1, 0.15) is 0 Å². The number of nitrogens with one attached hydrogen (secondary N) is 1. The fraction of sp³-hybridized carbons (Fsp3) is 0.800. The summed E-state index contributed by atoms with van der Waals surface area (Å²) in [5.41, 5.74) is 1.08. The highest BCUT2D eigenvalue weighted by molar-refractivity contribution is 5.30. The van der Waals surface area contributed by atoms with Gasteiger partial charge in [-0.3, -0.25) is 0 Å². The van der Waals surface area contributed by atoms with E-state index in [4.69, 9.17) is 0 Å². The van der Waals surface area contributed by atoms with Crippen LogP contribution < -0.4 is 5.32 Å². The lowest BCUT2D eigenvalue weighted by Crippen LogP contribution is -2.35. The van der Waals surface area contributed by atoms with Crippen LogP contribution in [0.4, 0.5) is 5.95 Å². The summed E-state index contributed by atoms with van der Waals surface area (Å²) in [5, 5.41) is 3.55. The maximum atomic E-state index is 4.60. The van der Waals surface area contributed by atoms with Crippen LogP contribution in [0.1, 0.15) is 40.3 Å². The first-order valence-corrected chi connectivity index (χ1v) is 7.48. The molecule has 4 nitrogen and oxygen atoms in total. The van der Waals surface area contributed by atoms with Crippen LogP contribution in [0.2, 0.25) is 0 Å². The molecule has 0 aliphatic rings. The molecular formula is C15H30N4. The minimum Gasteiger partial charge on any atom is -0.352 e. The van der Waals surface area contributed by atoms with Gasteiger partial charge in [-0.05, 0) is 32.9 Å². The molecule has 1 atom stereocenters. The number of rotatable bonds is 8. The molecule has 0 aromatic carbocycles. The van der Waals surface area contributed by atoms with E-state index in [0.717, 1.165) is 37.8 Å². The van der Waals surface area contributed by atoms with Crippen LogP contribution in [0.25, 0.3) is 0 Å². The summed E-state index contributed by atoms with van der Waals surface area (Å²) >= 11 is 0. The van der Waals surface area contributed by atoms with Gasteiger partial charge in [-0.25, -0.2) is 4.98 Å². The van der Waals surface area contributed by atoms with E-state index in [0.29, 0.717) is 12.0 Å². The van der Waals surface area contributed by atoms with E-state index >= 15 is 0 Å². The largest absolute Gasteiger partial charge is 0.352 e. The first-order chi connectivity index (χ1) is 8.96. The van der Waals surface area contributed by atoms with Gasteiger partial charge < -0.3 is 14.8 Å². The molecule has 1 rings (SSSR count). The second kappa shape index (κ2) is 7.53. The molecule has 1 heterocycles. The highest BCUT2D eigenvalue weighted by Crippen LogP contribution is 2.12. The third-order valence-corrected chi connectivity index (χ3v) is 3.26. The molecule has 0 aliphatic carbocycles. The number of imidazole rings is 1. The SMILES string of the molecule is CCN(CC)CC(C)Nc1nc(C)cn1CC(C)C. The molecule has 4 heteroatoms. The third-order valence-electron chi connectivity index (χ3n) is 3.26. The van der Waals surface area contributed by atoms with E-state index in [1.165, 1.54) is 0 Å². The maximum absolute atomic E-state index is 4.60. The van der Waals surface area contributed by atoms with E-state index in [-0.39, 0.29) is 0 Å². The van der Waals surface area contributed by atoms with Crippen molar-refractivity contribution in [3.8, 4) is 0 Å². The van der Waals surface area contributed by atoms with E-state index in [1.807, 2.05) is 0 Å². The van der Waals surface area contributed by atoms with E-state index < -0.39 is 0 Å². The molecular weight excluding hydrogens is 236 g/mol. The van der Waals surface area contributed by atoms with Crippen molar-refractivity contribution < 1.29 is 0 Å². The minimum absolute atomic E-state index is 0.410. The fourth-order valence-corrected chi connectivity index (χ4v) is 2.33. The van der Waals surface area contributed by atoms with Gasteiger partial charge in [0.05, 0.1) is 5.69 Å². The second-order valence-electron chi connectivity index (χ2n) is 5.78. The summed E-state index contributed by atoms with van der Waals surface area (Å²) in [6.07, 6.45) is 2.13. The van der Waals surface area contributed by atoms with Crippen LogP contribution in [0.3, 0.4) is 0 Å². The van der Waals surface area contributed by atoms with Crippen LogP contribution in [0.5, 0.6) is 0 Å². The number of hydrogen-bond donors (Lipinski definition) is 1. The Balaban J connectivity index is 2.65. The Kier molecular flexibility index (Phi) is 6.35. The Hall–Kier alpha value is -1.03. The van der Waals surface area contributed by atoms with Gasteiger partial charge in [-0.2, -0.15) is 0 Å². The molecule has 110 valence electrons. The maximum Gasteiger partial charge on any atom is 0.203 e. The van der Waals surface area contributed by atoms with Crippen molar-refractivity contribution in [2.24, 2.45) is 5.92 Å². The van der Waals surface area contributed by atoms with Crippen molar-refractivity contribution in [3.05, 3.63) is 11.9 Å². The first-order valence-electron chi connectivity index (χ1n) is 7.48. The van der Waals surface area contributed by atoms with Crippen molar-refractivity contribution in [2.75, 3.05) is 25.0 Å². The molecule has 0 bridgehead atoms.